The first-order chi connectivity index (χ1) is 11.3. The number of hydrogen-bond acceptors (Lipinski definition) is 5. The Kier molecular flexibility index (Phi) is 4.55. The van der Waals surface area contributed by atoms with E-state index in [0.29, 0.717) is 11.9 Å². The number of pyridine rings is 1. The molecule has 130 valence electrons. The second-order valence-corrected chi connectivity index (χ2v) is 5.92. The molecule has 0 saturated carbocycles. The van der Waals surface area contributed by atoms with E-state index >= 15 is 0 Å². The number of aliphatic hydroxyl groups is 1. The largest absolute Gasteiger partial charge is 0.433 e. The summed E-state index contributed by atoms with van der Waals surface area (Å²) in [4.78, 5) is 19.5. The number of halogens is 3. The molecule has 0 unspecified atom stereocenters. The molecular weight excluding hydrogens is 325 g/mol. The third-order valence-corrected chi connectivity index (χ3v) is 4.12. The molecule has 1 aliphatic heterocycles. The molecule has 2 aromatic rings. The number of nitrogens with one attached hydrogen (secondary N) is 1. The molecule has 9 heteroatoms. The highest BCUT2D eigenvalue weighted by Gasteiger charge is 2.33. The SMILES string of the molecule is O=C(C[C@H]1NCCC[C@@H]1O)Cn1cnc2nc(C(F)(F)F)ccc21. The second kappa shape index (κ2) is 6.48. The van der Waals surface area contributed by atoms with Gasteiger partial charge in [0, 0.05) is 12.5 Å². The van der Waals surface area contributed by atoms with Gasteiger partial charge in [-0.05, 0) is 31.5 Å². The summed E-state index contributed by atoms with van der Waals surface area (Å²) >= 11 is 0. The molecule has 0 bridgehead atoms. The van der Waals surface area contributed by atoms with E-state index in [1.807, 2.05) is 0 Å². The average Bonchev–Trinajstić information content (AvgIpc) is 2.91. The molecule has 1 fully saturated rings. The maximum absolute atomic E-state index is 12.6. The Hall–Kier alpha value is -2.00. The topological polar surface area (TPSA) is 80.0 Å². The molecule has 6 nitrogen and oxygen atoms in total. The number of aromatic nitrogens is 3. The Morgan fingerprint density at radius 1 is 1.42 bits per heavy atom. The lowest BCUT2D eigenvalue weighted by molar-refractivity contribution is -0.141. The lowest BCUT2D eigenvalue weighted by atomic mass is 9.97. The van der Waals surface area contributed by atoms with Crippen LogP contribution in [-0.2, 0) is 17.5 Å². The van der Waals surface area contributed by atoms with Crippen LogP contribution in [0, 0.1) is 0 Å². The fraction of sp³-hybridized carbons (Fsp3) is 0.533. The number of imidazole rings is 1. The highest BCUT2D eigenvalue weighted by atomic mass is 19.4. The van der Waals surface area contributed by atoms with Crippen molar-refractivity contribution in [2.75, 3.05) is 6.54 Å². The number of fused-ring (bicyclic) bond motifs is 1. The molecular formula is C15H17F3N4O2. The first-order valence-electron chi connectivity index (χ1n) is 7.67. The van der Waals surface area contributed by atoms with Crippen LogP contribution in [0.5, 0.6) is 0 Å². The number of carbonyl (C=O) groups excluding carboxylic acids is 1. The zero-order valence-electron chi connectivity index (χ0n) is 12.8. The van der Waals surface area contributed by atoms with E-state index in [-0.39, 0.29) is 30.4 Å². The minimum Gasteiger partial charge on any atom is -0.391 e. The number of piperidine rings is 1. The molecule has 0 aromatic carbocycles. The van der Waals surface area contributed by atoms with E-state index in [0.717, 1.165) is 19.0 Å². The van der Waals surface area contributed by atoms with Gasteiger partial charge >= 0.3 is 6.18 Å². The van der Waals surface area contributed by atoms with Crippen LogP contribution in [0.15, 0.2) is 18.5 Å². The Bertz CT molecular complexity index is 744. The number of nitrogens with zero attached hydrogens (tertiary/aromatic N) is 3. The van der Waals surface area contributed by atoms with Crippen molar-refractivity contribution in [3.8, 4) is 0 Å². The van der Waals surface area contributed by atoms with Gasteiger partial charge in [0.25, 0.3) is 0 Å². The van der Waals surface area contributed by atoms with Crippen LogP contribution in [0.3, 0.4) is 0 Å². The molecule has 24 heavy (non-hydrogen) atoms. The maximum atomic E-state index is 12.6. The first-order valence-corrected chi connectivity index (χ1v) is 7.67. The second-order valence-electron chi connectivity index (χ2n) is 5.92. The zero-order chi connectivity index (χ0) is 17.3. The first kappa shape index (κ1) is 16.8. The summed E-state index contributed by atoms with van der Waals surface area (Å²) in [5.74, 6) is -0.132. The van der Waals surface area contributed by atoms with Crippen molar-refractivity contribution < 1.29 is 23.1 Å². The fourth-order valence-electron chi connectivity index (χ4n) is 2.87. The zero-order valence-corrected chi connectivity index (χ0v) is 12.8. The third-order valence-electron chi connectivity index (χ3n) is 4.12. The smallest absolute Gasteiger partial charge is 0.391 e. The lowest BCUT2D eigenvalue weighted by Gasteiger charge is -2.28. The van der Waals surface area contributed by atoms with Crippen LogP contribution in [0.4, 0.5) is 13.2 Å². The molecule has 3 rings (SSSR count). The molecule has 2 aromatic heterocycles. The van der Waals surface area contributed by atoms with Gasteiger partial charge in [-0.25, -0.2) is 9.97 Å². The van der Waals surface area contributed by atoms with Gasteiger partial charge in [0.1, 0.15) is 5.69 Å². The van der Waals surface area contributed by atoms with Gasteiger partial charge in [0.15, 0.2) is 11.4 Å². The normalized spacial score (nSPS) is 22.0. The number of rotatable bonds is 4. The quantitative estimate of drug-likeness (QED) is 0.881. The predicted octanol–water partition coefficient (Wildman–Crippen LogP) is 1.52. The number of carbonyl (C=O) groups is 1. The van der Waals surface area contributed by atoms with E-state index in [1.165, 1.54) is 17.0 Å². The Labute approximate surface area is 135 Å². The molecule has 2 N–H and O–H groups in total. The summed E-state index contributed by atoms with van der Waals surface area (Å²) < 4.78 is 39.4. The molecule has 0 aliphatic carbocycles. The van der Waals surface area contributed by atoms with Crippen LogP contribution in [0.2, 0.25) is 0 Å². The van der Waals surface area contributed by atoms with Crippen molar-refractivity contribution in [1.82, 2.24) is 19.9 Å². The summed E-state index contributed by atoms with van der Waals surface area (Å²) in [6.07, 6.45) is -2.10. The summed E-state index contributed by atoms with van der Waals surface area (Å²) in [5, 5.41) is 13.0. The number of aliphatic hydroxyl groups excluding tert-OH is 1. The van der Waals surface area contributed by atoms with Crippen molar-refractivity contribution in [2.24, 2.45) is 0 Å². The number of alkyl halides is 3. The Balaban J connectivity index is 1.72. The van der Waals surface area contributed by atoms with Crippen LogP contribution < -0.4 is 5.32 Å². The molecule has 3 heterocycles. The van der Waals surface area contributed by atoms with Gasteiger partial charge in [-0.2, -0.15) is 13.2 Å². The molecule has 2 atom stereocenters. The maximum Gasteiger partial charge on any atom is 0.433 e. The monoisotopic (exact) mass is 342 g/mol. The van der Waals surface area contributed by atoms with Crippen molar-refractivity contribution in [3.05, 3.63) is 24.2 Å². The van der Waals surface area contributed by atoms with Crippen LogP contribution >= 0.6 is 0 Å². The Morgan fingerprint density at radius 2 is 2.21 bits per heavy atom. The van der Waals surface area contributed by atoms with Crippen molar-refractivity contribution in [2.45, 2.75) is 44.1 Å². The minimum absolute atomic E-state index is 0.0194. The van der Waals surface area contributed by atoms with E-state index in [2.05, 4.69) is 15.3 Å². The van der Waals surface area contributed by atoms with Crippen molar-refractivity contribution in [1.29, 1.82) is 0 Å². The summed E-state index contributed by atoms with van der Waals surface area (Å²) in [6, 6.07) is 1.85. The van der Waals surface area contributed by atoms with E-state index < -0.39 is 18.0 Å². The van der Waals surface area contributed by atoms with Crippen molar-refractivity contribution in [3.63, 3.8) is 0 Å². The number of Topliss-reactive ketones (excluding diaryl/α,β-unsaturated/α-hetero) is 1. The van der Waals surface area contributed by atoms with Gasteiger partial charge in [0.05, 0.1) is 24.5 Å². The molecule has 0 amide bonds. The van der Waals surface area contributed by atoms with E-state index in [9.17, 15) is 23.1 Å². The van der Waals surface area contributed by atoms with Gasteiger partial charge in [-0.1, -0.05) is 0 Å². The minimum atomic E-state index is -4.53. The highest BCUT2D eigenvalue weighted by Crippen LogP contribution is 2.28. The number of ketones is 1. The van der Waals surface area contributed by atoms with Crippen LogP contribution in [-0.4, -0.2) is 44.1 Å². The standard InChI is InChI=1S/C15H17F3N4O2/c16-15(17,18)13-4-3-11-14(21-13)20-8-22(11)7-9(23)6-10-12(24)2-1-5-19-10/h3-4,8,10,12,19,24H,1-2,5-7H2/t10-,12+/m1/s1. The molecule has 1 aliphatic rings. The predicted molar refractivity (Wildman–Crippen MR) is 79.2 cm³/mol. The molecule has 1 saturated heterocycles. The van der Waals surface area contributed by atoms with Crippen molar-refractivity contribution >= 4 is 16.9 Å². The summed E-state index contributed by atoms with van der Waals surface area (Å²) in [5.41, 5.74) is -0.692. The Morgan fingerprint density at radius 3 is 2.92 bits per heavy atom. The fourth-order valence-corrected chi connectivity index (χ4v) is 2.87. The molecule has 0 radical (unpaired) electrons. The lowest BCUT2D eigenvalue weighted by Crippen LogP contribution is -2.46. The number of hydrogen-bond donors (Lipinski definition) is 2. The van der Waals surface area contributed by atoms with Gasteiger partial charge in [-0.3, -0.25) is 4.79 Å². The molecule has 0 spiro atoms. The summed E-state index contributed by atoms with van der Waals surface area (Å²) in [6.45, 7) is 0.738. The van der Waals surface area contributed by atoms with Crippen LogP contribution in [0.1, 0.15) is 25.0 Å². The van der Waals surface area contributed by atoms with Crippen LogP contribution in [0.25, 0.3) is 11.2 Å². The van der Waals surface area contributed by atoms with Gasteiger partial charge < -0.3 is 15.0 Å². The van der Waals surface area contributed by atoms with Gasteiger partial charge in [0.2, 0.25) is 0 Å². The van der Waals surface area contributed by atoms with Gasteiger partial charge in [-0.15, -0.1) is 0 Å². The third kappa shape index (κ3) is 3.57. The average molecular weight is 342 g/mol. The van der Waals surface area contributed by atoms with E-state index in [1.54, 1.807) is 0 Å². The highest BCUT2D eigenvalue weighted by molar-refractivity contribution is 5.81. The summed E-state index contributed by atoms with van der Waals surface area (Å²) in [7, 11) is 0. The van der Waals surface area contributed by atoms with E-state index in [4.69, 9.17) is 0 Å².